The Morgan fingerprint density at radius 2 is 2.04 bits per heavy atom. The summed E-state index contributed by atoms with van der Waals surface area (Å²) < 4.78 is 52.4. The molecule has 26 heavy (non-hydrogen) atoms. The second-order valence-corrected chi connectivity index (χ2v) is 7.27. The van der Waals surface area contributed by atoms with E-state index in [-0.39, 0.29) is 16.9 Å². The summed E-state index contributed by atoms with van der Waals surface area (Å²) in [6, 6.07) is 4.91. The highest BCUT2D eigenvalue weighted by Gasteiger charge is 2.30. The number of nitrogens with one attached hydrogen (secondary N) is 4. The lowest BCUT2D eigenvalue weighted by Crippen LogP contribution is -2.51. The average molecular weight is 381 g/mol. The largest absolute Gasteiger partial charge is 0.348 e. The quantitative estimate of drug-likeness (QED) is 0.634. The number of hydrogen-bond acceptors (Lipinski definition) is 5. The summed E-state index contributed by atoms with van der Waals surface area (Å²) in [5, 5.41) is 12.5. The molecular weight excluding hydrogens is 368 g/mol. The van der Waals surface area contributed by atoms with Gasteiger partial charge in [0.25, 0.3) is 5.91 Å². The predicted molar refractivity (Wildman–Crippen MR) is 89.1 cm³/mol. The van der Waals surface area contributed by atoms with Crippen molar-refractivity contribution in [2.45, 2.75) is 6.04 Å². The summed E-state index contributed by atoms with van der Waals surface area (Å²) in [6.45, 7) is 0. The molecule has 1 aromatic carbocycles. The van der Waals surface area contributed by atoms with Crippen LogP contribution in [-0.4, -0.2) is 31.0 Å². The van der Waals surface area contributed by atoms with Gasteiger partial charge in [0.15, 0.2) is 0 Å². The molecule has 2 aromatic rings. The molecule has 1 aliphatic rings. The number of guanidine groups is 1. The van der Waals surface area contributed by atoms with Crippen LogP contribution in [0.3, 0.4) is 0 Å². The van der Waals surface area contributed by atoms with E-state index >= 15 is 0 Å². The van der Waals surface area contributed by atoms with Crippen molar-refractivity contribution in [3.05, 3.63) is 59.4 Å². The van der Waals surface area contributed by atoms with Crippen molar-refractivity contribution in [2.75, 3.05) is 11.1 Å². The van der Waals surface area contributed by atoms with E-state index in [0.29, 0.717) is 0 Å². The zero-order chi connectivity index (χ0) is 18.9. The Morgan fingerprint density at radius 1 is 1.27 bits per heavy atom. The molecule has 2 heterocycles. The van der Waals surface area contributed by atoms with Gasteiger partial charge in [0.1, 0.15) is 17.3 Å². The van der Waals surface area contributed by atoms with Crippen LogP contribution in [0, 0.1) is 17.0 Å². The molecule has 11 heteroatoms. The van der Waals surface area contributed by atoms with Crippen LogP contribution in [0.4, 0.5) is 14.5 Å². The van der Waals surface area contributed by atoms with Crippen LogP contribution in [0.15, 0.2) is 36.5 Å². The number of amides is 1. The topological polar surface area (TPSA) is 124 Å². The van der Waals surface area contributed by atoms with Gasteiger partial charge in [-0.05, 0) is 30.3 Å². The van der Waals surface area contributed by atoms with Gasteiger partial charge in [-0.3, -0.25) is 14.9 Å². The number of benzene rings is 1. The maximum atomic E-state index is 14.1. The third-order valence-corrected chi connectivity index (χ3v) is 4.84. The van der Waals surface area contributed by atoms with Crippen LogP contribution in [0.2, 0.25) is 0 Å². The Kier molecular flexibility index (Phi) is 4.55. The second kappa shape index (κ2) is 6.67. The maximum absolute atomic E-state index is 14.1. The van der Waals surface area contributed by atoms with Gasteiger partial charge in [0, 0.05) is 11.3 Å². The summed E-state index contributed by atoms with van der Waals surface area (Å²) in [6.07, 6.45) is 0.889. The molecule has 0 unspecified atom stereocenters. The van der Waals surface area contributed by atoms with Crippen LogP contribution in [0.1, 0.15) is 22.1 Å². The molecule has 0 aliphatic carbocycles. The molecule has 0 saturated carbocycles. The average Bonchev–Trinajstić information content (AvgIpc) is 2.55. The Bertz CT molecular complexity index is 979. The van der Waals surface area contributed by atoms with Crippen molar-refractivity contribution in [3.63, 3.8) is 0 Å². The van der Waals surface area contributed by atoms with Gasteiger partial charge in [-0.15, -0.1) is 0 Å². The van der Waals surface area contributed by atoms with Gasteiger partial charge in [-0.25, -0.2) is 22.2 Å². The van der Waals surface area contributed by atoms with Crippen molar-refractivity contribution in [2.24, 2.45) is 0 Å². The number of carbonyl (C=O) groups excluding carboxylic acids is 1. The minimum Gasteiger partial charge on any atom is -0.348 e. The predicted octanol–water partition coefficient (Wildman–Crippen LogP) is 1.11. The van der Waals surface area contributed by atoms with Gasteiger partial charge in [0.05, 0.1) is 18.0 Å². The highest BCUT2D eigenvalue weighted by molar-refractivity contribution is 7.90. The van der Waals surface area contributed by atoms with E-state index in [9.17, 15) is 22.0 Å². The zero-order valence-corrected chi connectivity index (χ0v) is 13.9. The van der Waals surface area contributed by atoms with Crippen LogP contribution in [0.5, 0.6) is 0 Å². The first-order chi connectivity index (χ1) is 12.2. The lowest BCUT2D eigenvalue weighted by atomic mass is 10.1. The number of hydrogen-bond donors (Lipinski definition) is 4. The lowest BCUT2D eigenvalue weighted by Gasteiger charge is -2.26. The van der Waals surface area contributed by atoms with Crippen molar-refractivity contribution >= 4 is 27.6 Å². The number of sulfonamides is 1. The smallest absolute Gasteiger partial charge is 0.274 e. The van der Waals surface area contributed by atoms with Crippen LogP contribution in [-0.2, 0) is 10.0 Å². The number of anilines is 1. The highest BCUT2D eigenvalue weighted by atomic mass is 32.2. The summed E-state index contributed by atoms with van der Waals surface area (Å²) in [5.41, 5.74) is 0.132. The normalized spacial score (nSPS) is 18.5. The molecule has 4 N–H and O–H groups in total. The van der Waals surface area contributed by atoms with Crippen LogP contribution < -0.4 is 15.4 Å². The molecule has 0 bridgehead atoms. The fourth-order valence-electron chi connectivity index (χ4n) is 2.42. The zero-order valence-electron chi connectivity index (χ0n) is 13.1. The highest BCUT2D eigenvalue weighted by Crippen LogP contribution is 2.24. The molecular formula is C15H13F2N5O3S. The molecule has 1 fully saturated rings. The number of pyridine rings is 1. The number of halogens is 2. The molecule has 0 spiro atoms. The van der Waals surface area contributed by atoms with E-state index in [1.807, 2.05) is 4.72 Å². The Labute approximate surface area is 147 Å². The van der Waals surface area contributed by atoms with Gasteiger partial charge >= 0.3 is 0 Å². The Hall–Kier alpha value is -3.08. The van der Waals surface area contributed by atoms with Gasteiger partial charge in [0.2, 0.25) is 16.0 Å². The number of aromatic nitrogens is 1. The third kappa shape index (κ3) is 3.94. The van der Waals surface area contributed by atoms with E-state index in [2.05, 4.69) is 15.6 Å². The van der Waals surface area contributed by atoms with Crippen molar-refractivity contribution in [1.29, 1.82) is 5.41 Å². The van der Waals surface area contributed by atoms with Crippen LogP contribution >= 0.6 is 0 Å². The molecule has 8 nitrogen and oxygen atoms in total. The van der Waals surface area contributed by atoms with Crippen LogP contribution in [0.25, 0.3) is 0 Å². The monoisotopic (exact) mass is 381 g/mol. The van der Waals surface area contributed by atoms with Gasteiger partial charge in [-0.1, -0.05) is 0 Å². The van der Waals surface area contributed by atoms with E-state index < -0.39 is 45.3 Å². The summed E-state index contributed by atoms with van der Waals surface area (Å²) in [7, 11) is -3.77. The first-order valence-corrected chi connectivity index (χ1v) is 8.97. The first-order valence-electron chi connectivity index (χ1n) is 7.31. The van der Waals surface area contributed by atoms with Gasteiger partial charge in [-0.2, -0.15) is 0 Å². The summed E-state index contributed by atoms with van der Waals surface area (Å²) in [5.74, 6) is -2.85. The molecule has 1 aromatic heterocycles. The SMILES string of the molecule is N=C1N[C@H](c2cc(NC(=O)c3ccc(F)cn3)ccc2F)CS(=O)(=O)N1. The molecule has 3 rings (SSSR count). The standard InChI is InChI=1S/C15H13F2N5O3S/c16-8-1-4-12(19-6-8)14(23)20-9-2-3-11(17)10(5-9)13-7-26(24,25)22-15(18)21-13/h1-6,13H,7H2,(H,20,23)(H3,18,21,22)/t13-/m0/s1. The Balaban J connectivity index is 1.84. The second-order valence-electron chi connectivity index (χ2n) is 5.51. The fraction of sp³-hybridized carbons (Fsp3) is 0.133. The molecule has 1 aliphatic heterocycles. The first kappa shape index (κ1) is 17.7. The number of nitrogens with zero attached hydrogens (tertiary/aromatic N) is 1. The summed E-state index contributed by atoms with van der Waals surface area (Å²) >= 11 is 0. The van der Waals surface area contributed by atoms with Crippen molar-refractivity contribution < 1.29 is 22.0 Å². The van der Waals surface area contributed by atoms with Crippen molar-refractivity contribution in [1.82, 2.24) is 15.0 Å². The molecule has 1 atom stereocenters. The van der Waals surface area contributed by atoms with Gasteiger partial charge < -0.3 is 10.6 Å². The summed E-state index contributed by atoms with van der Waals surface area (Å²) in [4.78, 5) is 15.8. The molecule has 136 valence electrons. The maximum Gasteiger partial charge on any atom is 0.274 e. The number of carbonyl (C=O) groups is 1. The minimum atomic E-state index is -3.77. The molecule has 0 radical (unpaired) electrons. The van der Waals surface area contributed by atoms with E-state index in [0.717, 1.165) is 18.3 Å². The minimum absolute atomic E-state index is 0.0234. The Morgan fingerprint density at radius 3 is 2.69 bits per heavy atom. The van der Waals surface area contributed by atoms with Crippen molar-refractivity contribution in [3.8, 4) is 0 Å². The van der Waals surface area contributed by atoms with E-state index in [1.165, 1.54) is 18.2 Å². The van der Waals surface area contributed by atoms with E-state index in [4.69, 9.17) is 5.41 Å². The third-order valence-electron chi connectivity index (χ3n) is 3.55. The van der Waals surface area contributed by atoms with E-state index in [1.54, 1.807) is 0 Å². The lowest BCUT2D eigenvalue weighted by molar-refractivity contribution is 0.102. The fourth-order valence-corrected chi connectivity index (χ4v) is 3.58. The molecule has 1 amide bonds. The number of rotatable bonds is 3. The molecule has 1 saturated heterocycles.